The molecular weight excluding hydrogens is 299 g/mol. The third-order valence-electron chi connectivity index (χ3n) is 3.84. The van der Waals surface area contributed by atoms with Crippen molar-refractivity contribution in [1.82, 2.24) is 14.9 Å². The average molecular weight is 316 g/mol. The first kappa shape index (κ1) is 15.2. The van der Waals surface area contributed by atoms with Gasteiger partial charge in [0.1, 0.15) is 17.6 Å². The maximum Gasteiger partial charge on any atom is 0.245 e. The molecule has 0 bridgehead atoms. The summed E-state index contributed by atoms with van der Waals surface area (Å²) < 4.78 is 18.5. The van der Waals surface area contributed by atoms with Crippen LogP contribution < -0.4 is 9.64 Å². The Morgan fingerprint density at radius 2 is 2.04 bits per heavy atom. The number of carbonyl (C=O) groups excluding carboxylic acids is 1. The van der Waals surface area contributed by atoms with Gasteiger partial charge in [0.2, 0.25) is 17.7 Å². The second kappa shape index (κ2) is 6.20. The summed E-state index contributed by atoms with van der Waals surface area (Å²) in [5.41, 5.74) is 0. The summed E-state index contributed by atoms with van der Waals surface area (Å²) in [5.74, 6) is 0.964. The summed E-state index contributed by atoms with van der Waals surface area (Å²) >= 11 is 0. The molecule has 0 N–H and O–H groups in total. The molecule has 120 valence electrons. The molecule has 1 aliphatic rings. The maximum absolute atomic E-state index is 12.9. The van der Waals surface area contributed by atoms with Crippen LogP contribution in [0.2, 0.25) is 0 Å². The first-order chi connectivity index (χ1) is 11.0. The van der Waals surface area contributed by atoms with Gasteiger partial charge in [0, 0.05) is 32.9 Å². The number of likely N-dealkylation sites (tertiary alicyclic amines) is 1. The molecule has 1 fully saturated rings. The monoisotopic (exact) mass is 316 g/mol. The Kier molecular flexibility index (Phi) is 4.10. The molecule has 1 saturated heterocycles. The van der Waals surface area contributed by atoms with Crippen LogP contribution in [0.15, 0.2) is 36.5 Å². The van der Waals surface area contributed by atoms with Crippen molar-refractivity contribution in [3.05, 3.63) is 42.3 Å². The standard InChI is InChI=1S/C16H17FN4O2/c1-20-10-8-13(15(20)22)21(2)16-18-9-7-14(19-16)23-12-5-3-11(17)4-6-12/h3-7,9,13H,8,10H2,1-2H3/t13-/m1/s1. The molecule has 0 saturated carbocycles. The number of amides is 1. The highest BCUT2D eigenvalue weighted by molar-refractivity contribution is 5.86. The van der Waals surface area contributed by atoms with Crippen LogP contribution in [-0.4, -0.2) is 47.5 Å². The van der Waals surface area contributed by atoms with Crippen molar-refractivity contribution >= 4 is 11.9 Å². The summed E-state index contributed by atoms with van der Waals surface area (Å²) in [4.78, 5) is 24.1. The fourth-order valence-corrected chi connectivity index (χ4v) is 2.49. The Hall–Kier alpha value is -2.70. The zero-order valence-corrected chi connectivity index (χ0v) is 12.9. The number of carbonyl (C=O) groups is 1. The number of ether oxygens (including phenoxy) is 1. The van der Waals surface area contributed by atoms with Gasteiger partial charge in [-0.2, -0.15) is 4.98 Å². The van der Waals surface area contributed by atoms with E-state index in [1.165, 1.54) is 24.3 Å². The van der Waals surface area contributed by atoms with E-state index in [2.05, 4.69) is 9.97 Å². The maximum atomic E-state index is 12.9. The van der Waals surface area contributed by atoms with Gasteiger partial charge in [-0.25, -0.2) is 9.37 Å². The predicted molar refractivity (Wildman–Crippen MR) is 83.0 cm³/mol. The molecular formula is C16H17FN4O2. The zero-order valence-electron chi connectivity index (χ0n) is 12.9. The lowest BCUT2D eigenvalue weighted by Gasteiger charge is -2.23. The molecule has 0 aliphatic carbocycles. The van der Waals surface area contributed by atoms with Gasteiger partial charge >= 0.3 is 0 Å². The fraction of sp³-hybridized carbons (Fsp3) is 0.312. The first-order valence-electron chi connectivity index (χ1n) is 7.29. The Morgan fingerprint density at radius 1 is 1.30 bits per heavy atom. The molecule has 23 heavy (non-hydrogen) atoms. The summed E-state index contributed by atoms with van der Waals surface area (Å²) in [6.45, 7) is 0.722. The smallest absolute Gasteiger partial charge is 0.245 e. The van der Waals surface area contributed by atoms with E-state index in [0.29, 0.717) is 17.6 Å². The van der Waals surface area contributed by atoms with Crippen LogP contribution in [0.3, 0.4) is 0 Å². The van der Waals surface area contributed by atoms with Crippen molar-refractivity contribution in [2.75, 3.05) is 25.5 Å². The molecule has 0 unspecified atom stereocenters. The summed E-state index contributed by atoms with van der Waals surface area (Å²) in [6, 6.07) is 7.03. The minimum absolute atomic E-state index is 0.0564. The highest BCUT2D eigenvalue weighted by Gasteiger charge is 2.33. The van der Waals surface area contributed by atoms with E-state index in [9.17, 15) is 9.18 Å². The van der Waals surface area contributed by atoms with Gasteiger partial charge in [0.15, 0.2) is 0 Å². The normalized spacial score (nSPS) is 17.4. The summed E-state index contributed by atoms with van der Waals surface area (Å²) in [6.07, 6.45) is 2.30. The van der Waals surface area contributed by atoms with Gasteiger partial charge in [0.25, 0.3) is 0 Å². The van der Waals surface area contributed by atoms with Gasteiger partial charge < -0.3 is 14.5 Å². The van der Waals surface area contributed by atoms with E-state index in [0.717, 1.165) is 13.0 Å². The molecule has 6 nitrogen and oxygen atoms in total. The molecule has 1 aromatic carbocycles. The number of likely N-dealkylation sites (N-methyl/N-ethyl adjacent to an activating group) is 2. The van der Waals surface area contributed by atoms with Crippen LogP contribution in [0.4, 0.5) is 10.3 Å². The number of hydrogen-bond donors (Lipinski definition) is 0. The quantitative estimate of drug-likeness (QED) is 0.864. The van der Waals surface area contributed by atoms with Crippen molar-refractivity contribution in [2.24, 2.45) is 0 Å². The van der Waals surface area contributed by atoms with Gasteiger partial charge in [-0.15, -0.1) is 0 Å². The number of halogens is 1. The van der Waals surface area contributed by atoms with E-state index >= 15 is 0 Å². The second-order valence-electron chi connectivity index (χ2n) is 5.43. The molecule has 1 aliphatic heterocycles. The lowest BCUT2D eigenvalue weighted by Crippen LogP contribution is -2.39. The number of rotatable bonds is 4. The molecule has 1 aromatic heterocycles. The van der Waals surface area contributed by atoms with Crippen molar-refractivity contribution in [3.63, 3.8) is 0 Å². The largest absolute Gasteiger partial charge is 0.439 e. The highest BCUT2D eigenvalue weighted by Crippen LogP contribution is 2.23. The second-order valence-corrected chi connectivity index (χ2v) is 5.43. The molecule has 0 spiro atoms. The van der Waals surface area contributed by atoms with E-state index in [-0.39, 0.29) is 17.8 Å². The van der Waals surface area contributed by atoms with Crippen molar-refractivity contribution in [1.29, 1.82) is 0 Å². The SMILES string of the molecule is CN1CC[C@@H](N(C)c2nccc(Oc3ccc(F)cc3)n2)C1=O. The molecule has 0 radical (unpaired) electrons. The van der Waals surface area contributed by atoms with Gasteiger partial charge in [-0.1, -0.05) is 0 Å². The minimum atomic E-state index is -0.329. The fourth-order valence-electron chi connectivity index (χ4n) is 2.49. The topological polar surface area (TPSA) is 58.6 Å². The number of hydrogen-bond acceptors (Lipinski definition) is 5. The number of benzene rings is 1. The van der Waals surface area contributed by atoms with Crippen LogP contribution in [0.5, 0.6) is 11.6 Å². The molecule has 2 heterocycles. The van der Waals surface area contributed by atoms with Crippen LogP contribution in [0, 0.1) is 5.82 Å². The van der Waals surface area contributed by atoms with E-state index < -0.39 is 0 Å². The Balaban J connectivity index is 1.77. The van der Waals surface area contributed by atoms with Gasteiger partial charge in [0.05, 0.1) is 0 Å². The molecule has 3 rings (SSSR count). The Labute approximate surface area is 133 Å². The average Bonchev–Trinajstić information content (AvgIpc) is 2.89. The summed E-state index contributed by atoms with van der Waals surface area (Å²) in [5, 5.41) is 0. The van der Waals surface area contributed by atoms with Crippen molar-refractivity contribution in [3.8, 4) is 11.6 Å². The zero-order chi connectivity index (χ0) is 16.4. The summed E-state index contributed by atoms with van der Waals surface area (Å²) in [7, 11) is 3.57. The Bertz CT molecular complexity index is 707. The van der Waals surface area contributed by atoms with Crippen LogP contribution in [-0.2, 0) is 4.79 Å². The van der Waals surface area contributed by atoms with Crippen LogP contribution >= 0.6 is 0 Å². The van der Waals surface area contributed by atoms with Crippen LogP contribution in [0.25, 0.3) is 0 Å². The van der Waals surface area contributed by atoms with Crippen molar-refractivity contribution in [2.45, 2.75) is 12.5 Å². The molecule has 7 heteroatoms. The van der Waals surface area contributed by atoms with Gasteiger partial charge in [-0.3, -0.25) is 4.79 Å². The lowest BCUT2D eigenvalue weighted by molar-refractivity contribution is -0.127. The number of anilines is 1. The highest BCUT2D eigenvalue weighted by atomic mass is 19.1. The van der Waals surface area contributed by atoms with Gasteiger partial charge in [-0.05, 0) is 30.7 Å². The van der Waals surface area contributed by atoms with Crippen molar-refractivity contribution < 1.29 is 13.9 Å². The molecule has 2 aromatic rings. The molecule has 1 atom stereocenters. The van der Waals surface area contributed by atoms with E-state index in [1.807, 2.05) is 0 Å². The lowest BCUT2D eigenvalue weighted by atomic mass is 10.2. The van der Waals surface area contributed by atoms with Crippen LogP contribution in [0.1, 0.15) is 6.42 Å². The third kappa shape index (κ3) is 3.23. The first-order valence-corrected chi connectivity index (χ1v) is 7.29. The third-order valence-corrected chi connectivity index (χ3v) is 3.84. The number of aromatic nitrogens is 2. The van der Waals surface area contributed by atoms with E-state index in [4.69, 9.17) is 4.74 Å². The predicted octanol–water partition coefficient (Wildman–Crippen LogP) is 2.07. The Morgan fingerprint density at radius 3 is 2.70 bits per heavy atom. The molecule has 1 amide bonds. The van der Waals surface area contributed by atoms with E-state index in [1.54, 1.807) is 36.2 Å². The number of nitrogens with zero attached hydrogens (tertiary/aromatic N) is 4. The minimum Gasteiger partial charge on any atom is -0.439 e.